The summed E-state index contributed by atoms with van der Waals surface area (Å²) in [7, 11) is 0. The first-order chi connectivity index (χ1) is 7.85. The Hall–Kier alpha value is -1.56. The molecule has 0 atom stereocenters. The minimum atomic E-state index is 1.09. The summed E-state index contributed by atoms with van der Waals surface area (Å²) in [5.74, 6) is 0. The van der Waals surface area contributed by atoms with Gasteiger partial charge in [-0.3, -0.25) is 0 Å². The maximum atomic E-state index is 2.33. The molecule has 2 aromatic rings. The van der Waals surface area contributed by atoms with Crippen molar-refractivity contribution in [2.45, 2.75) is 26.7 Å². The predicted molar refractivity (Wildman–Crippen MR) is 70.6 cm³/mol. The molecular formula is C16H18. The maximum Gasteiger partial charge on any atom is -0.0149 e. The molecule has 0 saturated heterocycles. The smallest absolute Gasteiger partial charge is 0.0149 e. The van der Waals surface area contributed by atoms with Crippen LogP contribution in [0.3, 0.4) is 0 Å². The summed E-state index contributed by atoms with van der Waals surface area (Å²) in [5.41, 5.74) is 5.57. The van der Waals surface area contributed by atoms with Crippen LogP contribution in [-0.4, -0.2) is 0 Å². The molecule has 0 aliphatic heterocycles. The van der Waals surface area contributed by atoms with Crippen LogP contribution in [0.5, 0.6) is 0 Å². The van der Waals surface area contributed by atoms with Gasteiger partial charge in [-0.1, -0.05) is 62.4 Å². The SMILES string of the molecule is CCc1ccc(CC)c(-c2ccccc2)c1. The van der Waals surface area contributed by atoms with Crippen molar-refractivity contribution in [1.82, 2.24) is 0 Å². The van der Waals surface area contributed by atoms with Crippen molar-refractivity contribution in [2.24, 2.45) is 0 Å². The summed E-state index contributed by atoms with van der Waals surface area (Å²) >= 11 is 0. The molecule has 0 fully saturated rings. The molecule has 0 radical (unpaired) electrons. The van der Waals surface area contributed by atoms with Crippen molar-refractivity contribution in [2.75, 3.05) is 0 Å². The largest absolute Gasteiger partial charge is 0.0622 e. The van der Waals surface area contributed by atoms with E-state index in [4.69, 9.17) is 0 Å². The normalized spacial score (nSPS) is 10.4. The quantitative estimate of drug-likeness (QED) is 0.700. The topological polar surface area (TPSA) is 0 Å². The van der Waals surface area contributed by atoms with Gasteiger partial charge in [-0.2, -0.15) is 0 Å². The number of hydrogen-bond acceptors (Lipinski definition) is 0. The lowest BCUT2D eigenvalue weighted by molar-refractivity contribution is 1.10. The molecule has 0 nitrogen and oxygen atoms in total. The Morgan fingerprint density at radius 1 is 0.812 bits per heavy atom. The van der Waals surface area contributed by atoms with Crippen LogP contribution in [0.15, 0.2) is 48.5 Å². The summed E-state index contributed by atoms with van der Waals surface area (Å²) in [6, 6.07) is 17.5. The van der Waals surface area contributed by atoms with Gasteiger partial charge in [0, 0.05) is 0 Å². The molecule has 0 spiro atoms. The summed E-state index contributed by atoms with van der Waals surface area (Å²) in [5, 5.41) is 0. The standard InChI is InChI=1S/C16H18/c1-3-13-10-11-14(4-2)16(12-13)15-8-6-5-7-9-15/h5-12H,3-4H2,1-2H3. The third-order valence-corrected chi connectivity index (χ3v) is 3.05. The van der Waals surface area contributed by atoms with Gasteiger partial charge < -0.3 is 0 Å². The number of rotatable bonds is 3. The van der Waals surface area contributed by atoms with Crippen molar-refractivity contribution in [3.63, 3.8) is 0 Å². The highest BCUT2D eigenvalue weighted by Gasteiger charge is 2.03. The van der Waals surface area contributed by atoms with E-state index in [1.165, 1.54) is 22.3 Å². The highest BCUT2D eigenvalue weighted by molar-refractivity contribution is 5.68. The first-order valence-electron chi connectivity index (χ1n) is 6.02. The lowest BCUT2D eigenvalue weighted by Crippen LogP contribution is -1.90. The molecule has 0 aliphatic carbocycles. The molecule has 0 aliphatic rings. The molecule has 0 heterocycles. The van der Waals surface area contributed by atoms with Gasteiger partial charge in [0.15, 0.2) is 0 Å². The third kappa shape index (κ3) is 2.16. The molecule has 0 heteroatoms. The molecule has 16 heavy (non-hydrogen) atoms. The first-order valence-corrected chi connectivity index (χ1v) is 6.02. The van der Waals surface area contributed by atoms with Crippen molar-refractivity contribution >= 4 is 0 Å². The molecule has 0 saturated carbocycles. The summed E-state index contributed by atoms with van der Waals surface area (Å²) in [6.07, 6.45) is 2.19. The van der Waals surface area contributed by atoms with Crippen LogP contribution in [0, 0.1) is 0 Å². The lowest BCUT2D eigenvalue weighted by Gasteiger charge is -2.10. The Morgan fingerprint density at radius 3 is 2.19 bits per heavy atom. The van der Waals surface area contributed by atoms with E-state index in [-0.39, 0.29) is 0 Å². The van der Waals surface area contributed by atoms with E-state index in [2.05, 4.69) is 62.4 Å². The van der Waals surface area contributed by atoms with Gasteiger partial charge in [0.25, 0.3) is 0 Å². The van der Waals surface area contributed by atoms with Crippen LogP contribution in [0.1, 0.15) is 25.0 Å². The Morgan fingerprint density at radius 2 is 1.56 bits per heavy atom. The number of aryl methyl sites for hydroxylation is 2. The van der Waals surface area contributed by atoms with Gasteiger partial charge in [-0.25, -0.2) is 0 Å². The first kappa shape index (κ1) is 10.9. The summed E-state index contributed by atoms with van der Waals surface area (Å²) in [6.45, 7) is 4.42. The van der Waals surface area contributed by atoms with Gasteiger partial charge in [-0.05, 0) is 35.1 Å². The van der Waals surface area contributed by atoms with Crippen molar-refractivity contribution in [1.29, 1.82) is 0 Å². The Bertz CT molecular complexity index is 455. The minimum Gasteiger partial charge on any atom is -0.0622 e. The van der Waals surface area contributed by atoms with Crippen LogP contribution < -0.4 is 0 Å². The Labute approximate surface area is 97.9 Å². The Balaban J connectivity index is 2.53. The molecule has 0 N–H and O–H groups in total. The van der Waals surface area contributed by atoms with E-state index in [1.54, 1.807) is 0 Å². The van der Waals surface area contributed by atoms with Crippen LogP contribution in [0.4, 0.5) is 0 Å². The molecule has 0 aromatic heterocycles. The van der Waals surface area contributed by atoms with Crippen LogP contribution in [0.2, 0.25) is 0 Å². The van der Waals surface area contributed by atoms with E-state index in [0.29, 0.717) is 0 Å². The average molecular weight is 210 g/mol. The Kier molecular flexibility index (Phi) is 3.40. The minimum absolute atomic E-state index is 1.09. The van der Waals surface area contributed by atoms with Crippen molar-refractivity contribution in [3.8, 4) is 11.1 Å². The fraction of sp³-hybridized carbons (Fsp3) is 0.250. The van der Waals surface area contributed by atoms with E-state index < -0.39 is 0 Å². The van der Waals surface area contributed by atoms with Crippen LogP contribution >= 0.6 is 0 Å². The second-order valence-corrected chi connectivity index (χ2v) is 4.06. The summed E-state index contributed by atoms with van der Waals surface area (Å²) in [4.78, 5) is 0. The van der Waals surface area contributed by atoms with Gasteiger partial charge in [0.2, 0.25) is 0 Å². The van der Waals surface area contributed by atoms with Crippen molar-refractivity contribution < 1.29 is 0 Å². The zero-order chi connectivity index (χ0) is 11.4. The van der Waals surface area contributed by atoms with E-state index >= 15 is 0 Å². The molecular weight excluding hydrogens is 192 g/mol. The molecule has 2 rings (SSSR count). The number of hydrogen-bond donors (Lipinski definition) is 0. The maximum absolute atomic E-state index is 2.33. The predicted octanol–water partition coefficient (Wildman–Crippen LogP) is 4.48. The monoisotopic (exact) mass is 210 g/mol. The molecule has 0 amide bonds. The summed E-state index contributed by atoms with van der Waals surface area (Å²) < 4.78 is 0. The van der Waals surface area contributed by atoms with Crippen LogP contribution in [0.25, 0.3) is 11.1 Å². The second-order valence-electron chi connectivity index (χ2n) is 4.06. The van der Waals surface area contributed by atoms with Crippen molar-refractivity contribution in [3.05, 3.63) is 59.7 Å². The van der Waals surface area contributed by atoms with E-state index in [9.17, 15) is 0 Å². The molecule has 0 bridgehead atoms. The highest BCUT2D eigenvalue weighted by atomic mass is 14.1. The van der Waals surface area contributed by atoms with Gasteiger partial charge in [0.1, 0.15) is 0 Å². The van der Waals surface area contributed by atoms with Gasteiger partial charge >= 0.3 is 0 Å². The van der Waals surface area contributed by atoms with Gasteiger partial charge in [-0.15, -0.1) is 0 Å². The van der Waals surface area contributed by atoms with E-state index in [1.807, 2.05) is 0 Å². The fourth-order valence-corrected chi connectivity index (χ4v) is 2.04. The highest BCUT2D eigenvalue weighted by Crippen LogP contribution is 2.25. The lowest BCUT2D eigenvalue weighted by atomic mass is 9.95. The number of benzene rings is 2. The second kappa shape index (κ2) is 4.98. The van der Waals surface area contributed by atoms with Crippen LogP contribution in [-0.2, 0) is 12.8 Å². The molecule has 82 valence electrons. The molecule has 0 unspecified atom stereocenters. The molecule has 2 aromatic carbocycles. The average Bonchev–Trinajstić information content (AvgIpc) is 2.39. The third-order valence-electron chi connectivity index (χ3n) is 3.05. The zero-order valence-corrected chi connectivity index (χ0v) is 10.0. The van der Waals surface area contributed by atoms with Gasteiger partial charge in [0.05, 0.1) is 0 Å². The van der Waals surface area contributed by atoms with E-state index in [0.717, 1.165) is 12.8 Å². The fourth-order valence-electron chi connectivity index (χ4n) is 2.04. The zero-order valence-electron chi connectivity index (χ0n) is 10.0.